The Morgan fingerprint density at radius 3 is 2.94 bits per heavy atom. The van der Waals surface area contributed by atoms with Gasteiger partial charge in [0.25, 0.3) is 0 Å². The van der Waals surface area contributed by atoms with E-state index in [2.05, 4.69) is 25.8 Å². The number of rotatable bonds is 5. The molecule has 0 unspecified atom stereocenters. The standard InChI is InChI=1S/C21H26N8O2/c1-28-13-25-27-20(28)18-15(3-2-7-22-18)16-11-23-19-21(26-16)29(17(30)12-24-19)8-4-14-5-9-31-10-6-14/h2-3,7,11,14,25H,4-6,8-10,12-13H2,1H3,(H,23,24). The highest BCUT2D eigenvalue weighted by molar-refractivity contribution is 6.03. The summed E-state index contributed by atoms with van der Waals surface area (Å²) < 4.78 is 5.46. The lowest BCUT2D eigenvalue weighted by atomic mass is 9.96. The molecule has 1 saturated heterocycles. The second-order valence-electron chi connectivity index (χ2n) is 8.02. The van der Waals surface area contributed by atoms with E-state index in [1.807, 2.05) is 24.1 Å². The Kier molecular flexibility index (Phi) is 5.37. The number of anilines is 2. The van der Waals surface area contributed by atoms with Gasteiger partial charge < -0.3 is 15.0 Å². The molecule has 0 aromatic carbocycles. The molecule has 31 heavy (non-hydrogen) atoms. The van der Waals surface area contributed by atoms with Crippen LogP contribution in [0.2, 0.25) is 0 Å². The summed E-state index contributed by atoms with van der Waals surface area (Å²) in [7, 11) is 1.95. The van der Waals surface area contributed by atoms with Crippen molar-refractivity contribution < 1.29 is 9.53 Å². The van der Waals surface area contributed by atoms with Gasteiger partial charge in [0.1, 0.15) is 12.4 Å². The molecule has 162 valence electrons. The topological polar surface area (TPSA) is 108 Å². The van der Waals surface area contributed by atoms with E-state index >= 15 is 0 Å². The Balaban J connectivity index is 1.46. The normalized spacial score (nSPS) is 19.0. The molecule has 0 atom stereocenters. The van der Waals surface area contributed by atoms with Crippen molar-refractivity contribution in [3.63, 3.8) is 0 Å². The summed E-state index contributed by atoms with van der Waals surface area (Å²) in [4.78, 5) is 30.5. The van der Waals surface area contributed by atoms with Crippen molar-refractivity contribution in [2.45, 2.75) is 19.3 Å². The highest BCUT2D eigenvalue weighted by Crippen LogP contribution is 2.31. The number of ether oxygens (including phenoxy) is 1. The maximum atomic E-state index is 12.7. The molecule has 3 aliphatic rings. The molecule has 0 spiro atoms. The van der Waals surface area contributed by atoms with E-state index < -0.39 is 0 Å². The minimum absolute atomic E-state index is 0.0153. The average Bonchev–Trinajstić information content (AvgIpc) is 3.24. The third kappa shape index (κ3) is 3.90. The number of nitrogens with zero attached hydrogens (tertiary/aromatic N) is 6. The number of hydrazone groups is 1. The smallest absolute Gasteiger partial charge is 0.247 e. The monoisotopic (exact) mass is 422 g/mol. The Labute approximate surface area is 180 Å². The van der Waals surface area contributed by atoms with Gasteiger partial charge in [-0.25, -0.2) is 9.97 Å². The van der Waals surface area contributed by atoms with Gasteiger partial charge in [-0.05, 0) is 37.3 Å². The fraction of sp³-hybridized carbons (Fsp3) is 0.476. The van der Waals surface area contributed by atoms with Crippen LogP contribution in [0.15, 0.2) is 29.6 Å². The van der Waals surface area contributed by atoms with E-state index in [4.69, 9.17) is 9.72 Å². The molecule has 2 aromatic heterocycles. The summed E-state index contributed by atoms with van der Waals surface area (Å²) in [6.45, 7) is 3.10. The van der Waals surface area contributed by atoms with Crippen molar-refractivity contribution in [3.05, 3.63) is 30.2 Å². The van der Waals surface area contributed by atoms with Crippen molar-refractivity contribution >= 4 is 23.4 Å². The molecule has 5 rings (SSSR count). The number of hydrogen-bond acceptors (Lipinski definition) is 9. The molecule has 0 radical (unpaired) electrons. The fourth-order valence-corrected chi connectivity index (χ4v) is 4.17. The number of pyridine rings is 1. The lowest BCUT2D eigenvalue weighted by Crippen LogP contribution is -2.42. The molecule has 1 amide bonds. The van der Waals surface area contributed by atoms with Gasteiger partial charge in [0.05, 0.1) is 18.4 Å². The molecule has 0 aliphatic carbocycles. The number of amidine groups is 1. The minimum atomic E-state index is 0.0153. The largest absolute Gasteiger partial charge is 0.381 e. The Morgan fingerprint density at radius 1 is 1.26 bits per heavy atom. The van der Waals surface area contributed by atoms with Crippen LogP contribution >= 0.6 is 0 Å². The minimum Gasteiger partial charge on any atom is -0.381 e. The molecule has 10 heteroatoms. The van der Waals surface area contributed by atoms with Crippen molar-refractivity contribution in [2.75, 3.05) is 50.2 Å². The van der Waals surface area contributed by atoms with Crippen molar-refractivity contribution in [3.8, 4) is 11.3 Å². The van der Waals surface area contributed by atoms with Crippen molar-refractivity contribution in [1.82, 2.24) is 25.3 Å². The summed E-state index contributed by atoms with van der Waals surface area (Å²) in [5.74, 6) is 2.56. The second kappa shape index (κ2) is 8.46. The molecule has 0 bridgehead atoms. The maximum Gasteiger partial charge on any atom is 0.247 e. The van der Waals surface area contributed by atoms with Gasteiger partial charge in [0.2, 0.25) is 5.91 Å². The van der Waals surface area contributed by atoms with E-state index in [-0.39, 0.29) is 12.5 Å². The van der Waals surface area contributed by atoms with Gasteiger partial charge in [-0.1, -0.05) is 0 Å². The van der Waals surface area contributed by atoms with Crippen LogP contribution in [0, 0.1) is 5.92 Å². The zero-order valence-electron chi connectivity index (χ0n) is 17.5. The van der Waals surface area contributed by atoms with Gasteiger partial charge >= 0.3 is 0 Å². The zero-order valence-corrected chi connectivity index (χ0v) is 17.5. The van der Waals surface area contributed by atoms with Gasteiger partial charge in [-0.3, -0.25) is 20.1 Å². The quantitative estimate of drug-likeness (QED) is 0.742. The van der Waals surface area contributed by atoms with Crippen molar-refractivity contribution in [2.24, 2.45) is 11.0 Å². The van der Waals surface area contributed by atoms with Crippen LogP contribution in [-0.2, 0) is 9.53 Å². The third-order valence-corrected chi connectivity index (χ3v) is 5.97. The third-order valence-electron chi connectivity index (χ3n) is 5.97. The fourth-order valence-electron chi connectivity index (χ4n) is 4.17. The summed E-state index contributed by atoms with van der Waals surface area (Å²) in [5, 5.41) is 7.46. The van der Waals surface area contributed by atoms with Gasteiger partial charge in [0.15, 0.2) is 17.5 Å². The Hall–Kier alpha value is -3.27. The molecular formula is C21H26N8O2. The average molecular weight is 422 g/mol. The van der Waals surface area contributed by atoms with Crippen LogP contribution in [0.25, 0.3) is 11.3 Å². The van der Waals surface area contributed by atoms with Crippen molar-refractivity contribution in [1.29, 1.82) is 0 Å². The van der Waals surface area contributed by atoms with E-state index in [1.165, 1.54) is 0 Å². The Bertz CT molecular complexity index is 1000. The summed E-state index contributed by atoms with van der Waals surface area (Å²) >= 11 is 0. The number of carbonyl (C=O) groups excluding carboxylic acids is 1. The number of nitrogens with one attached hydrogen (secondary N) is 2. The van der Waals surface area contributed by atoms with E-state index in [9.17, 15) is 4.79 Å². The van der Waals surface area contributed by atoms with Crippen LogP contribution in [0.3, 0.4) is 0 Å². The van der Waals surface area contributed by atoms with E-state index in [1.54, 1.807) is 17.3 Å². The predicted octanol–water partition coefficient (Wildman–Crippen LogP) is 1.27. The number of fused-ring (bicyclic) bond motifs is 1. The first-order valence-electron chi connectivity index (χ1n) is 10.7. The molecule has 0 saturated carbocycles. The lowest BCUT2D eigenvalue weighted by Gasteiger charge is -2.30. The first kappa shape index (κ1) is 19.7. The van der Waals surface area contributed by atoms with Crippen LogP contribution in [0.4, 0.5) is 11.6 Å². The molecular weight excluding hydrogens is 396 g/mol. The molecule has 5 heterocycles. The summed E-state index contributed by atoms with van der Waals surface area (Å²) in [6, 6.07) is 3.83. The Morgan fingerprint density at radius 2 is 2.13 bits per heavy atom. The van der Waals surface area contributed by atoms with Gasteiger partial charge in [0, 0.05) is 38.6 Å². The molecule has 3 aliphatic heterocycles. The van der Waals surface area contributed by atoms with Crippen LogP contribution in [-0.4, -0.2) is 71.6 Å². The first-order chi connectivity index (χ1) is 15.2. The van der Waals surface area contributed by atoms with Crippen LogP contribution in [0.5, 0.6) is 0 Å². The maximum absolute atomic E-state index is 12.7. The predicted molar refractivity (Wildman–Crippen MR) is 117 cm³/mol. The summed E-state index contributed by atoms with van der Waals surface area (Å²) in [6.07, 6.45) is 6.49. The SMILES string of the molecule is CN1CNN=C1c1ncccc1-c1cnc2c(n1)N(CCC1CCOCC1)C(=O)CN2. The highest BCUT2D eigenvalue weighted by atomic mass is 16.5. The molecule has 10 nitrogen and oxygen atoms in total. The molecule has 2 N–H and O–H groups in total. The van der Waals surface area contributed by atoms with Crippen LogP contribution < -0.4 is 15.6 Å². The first-order valence-corrected chi connectivity index (χ1v) is 10.7. The number of hydrogen-bond donors (Lipinski definition) is 2. The number of amides is 1. The van der Waals surface area contributed by atoms with Gasteiger partial charge in [-0.15, -0.1) is 0 Å². The number of aromatic nitrogens is 3. The molecule has 1 fully saturated rings. The molecule has 2 aromatic rings. The van der Waals surface area contributed by atoms with Gasteiger partial charge in [-0.2, -0.15) is 5.10 Å². The zero-order chi connectivity index (χ0) is 21.2. The summed E-state index contributed by atoms with van der Waals surface area (Å²) in [5.41, 5.74) is 5.20. The second-order valence-corrected chi connectivity index (χ2v) is 8.02. The lowest BCUT2D eigenvalue weighted by molar-refractivity contribution is -0.117. The van der Waals surface area contributed by atoms with E-state index in [0.717, 1.165) is 49.6 Å². The highest BCUT2D eigenvalue weighted by Gasteiger charge is 2.29. The van der Waals surface area contributed by atoms with Crippen LogP contribution in [0.1, 0.15) is 25.0 Å². The number of carbonyl (C=O) groups is 1. The van der Waals surface area contributed by atoms with E-state index in [0.29, 0.717) is 36.5 Å².